The van der Waals surface area contributed by atoms with E-state index in [0.29, 0.717) is 13.0 Å². The van der Waals surface area contributed by atoms with Crippen molar-refractivity contribution in [1.29, 1.82) is 0 Å². The molecule has 0 aromatic rings. The number of carboxylic acid groups (broad SMARTS) is 1. The van der Waals surface area contributed by atoms with Crippen molar-refractivity contribution in [3.63, 3.8) is 0 Å². The Labute approximate surface area is 90.9 Å². The molecule has 88 valence electrons. The molecule has 1 aliphatic heterocycles. The topological polar surface area (TPSA) is 60.8 Å². The maximum Gasteiger partial charge on any atom is 0.320 e. The average Bonchev–Trinajstić information content (AvgIpc) is 2.18. The van der Waals surface area contributed by atoms with Gasteiger partial charge in [-0.1, -0.05) is 6.92 Å². The Morgan fingerprint density at radius 2 is 2.27 bits per heavy atom. The quantitative estimate of drug-likeness (QED) is 0.732. The number of nitrogens with zero attached hydrogens (tertiary/aromatic N) is 1. The first-order valence-electron chi connectivity index (χ1n) is 5.71. The summed E-state index contributed by atoms with van der Waals surface area (Å²) in [4.78, 5) is 13.0. The standard InChI is InChI=1S/C11H21NO3/c1-3-10(11(14)15)12-6-4-5-9(7-12)8(2)13/h8-10,13H,3-7H2,1-2H3,(H,14,15)/t8-,9+,10+/m0/s1. The molecule has 0 spiro atoms. The van der Waals surface area contributed by atoms with E-state index in [-0.39, 0.29) is 18.1 Å². The van der Waals surface area contributed by atoms with Crippen LogP contribution in [0.15, 0.2) is 0 Å². The van der Waals surface area contributed by atoms with Gasteiger partial charge in [-0.15, -0.1) is 0 Å². The second-order valence-electron chi connectivity index (χ2n) is 4.40. The van der Waals surface area contributed by atoms with Gasteiger partial charge in [0.15, 0.2) is 0 Å². The molecule has 0 radical (unpaired) electrons. The van der Waals surface area contributed by atoms with Crippen LogP contribution in [0.1, 0.15) is 33.1 Å². The molecule has 0 aromatic carbocycles. The fourth-order valence-corrected chi connectivity index (χ4v) is 2.31. The van der Waals surface area contributed by atoms with Crippen LogP contribution in [0.25, 0.3) is 0 Å². The first-order chi connectivity index (χ1) is 7.06. The summed E-state index contributed by atoms with van der Waals surface area (Å²) in [6.07, 6.45) is 2.28. The van der Waals surface area contributed by atoms with Gasteiger partial charge in [0.2, 0.25) is 0 Å². The molecule has 0 amide bonds. The number of carboxylic acids is 1. The zero-order valence-electron chi connectivity index (χ0n) is 9.52. The number of aliphatic carboxylic acids is 1. The van der Waals surface area contributed by atoms with E-state index in [1.54, 1.807) is 6.92 Å². The number of likely N-dealkylation sites (tertiary alicyclic amines) is 1. The fourth-order valence-electron chi connectivity index (χ4n) is 2.31. The van der Waals surface area contributed by atoms with Crippen molar-refractivity contribution in [3.05, 3.63) is 0 Å². The smallest absolute Gasteiger partial charge is 0.320 e. The maximum atomic E-state index is 11.0. The third-order valence-corrected chi connectivity index (χ3v) is 3.28. The molecule has 1 saturated heterocycles. The number of piperidine rings is 1. The monoisotopic (exact) mass is 215 g/mol. The number of carbonyl (C=O) groups is 1. The summed E-state index contributed by atoms with van der Waals surface area (Å²) < 4.78 is 0. The first-order valence-corrected chi connectivity index (χ1v) is 5.71. The van der Waals surface area contributed by atoms with Crippen LogP contribution in [0, 0.1) is 5.92 Å². The Bertz CT molecular complexity index is 218. The third-order valence-electron chi connectivity index (χ3n) is 3.28. The van der Waals surface area contributed by atoms with Gasteiger partial charge >= 0.3 is 5.97 Å². The van der Waals surface area contributed by atoms with E-state index in [1.807, 2.05) is 11.8 Å². The van der Waals surface area contributed by atoms with Crippen molar-refractivity contribution in [1.82, 2.24) is 4.90 Å². The summed E-state index contributed by atoms with van der Waals surface area (Å²) in [5.74, 6) is -0.518. The Hall–Kier alpha value is -0.610. The third kappa shape index (κ3) is 3.18. The van der Waals surface area contributed by atoms with Crippen molar-refractivity contribution in [2.45, 2.75) is 45.3 Å². The largest absolute Gasteiger partial charge is 0.480 e. The van der Waals surface area contributed by atoms with Crippen molar-refractivity contribution in [2.24, 2.45) is 5.92 Å². The summed E-state index contributed by atoms with van der Waals surface area (Å²) in [6, 6.07) is -0.383. The minimum atomic E-state index is -0.747. The van der Waals surface area contributed by atoms with E-state index >= 15 is 0 Å². The lowest BCUT2D eigenvalue weighted by Gasteiger charge is -2.37. The van der Waals surface area contributed by atoms with Gasteiger partial charge in [-0.25, -0.2) is 0 Å². The van der Waals surface area contributed by atoms with Gasteiger partial charge in [-0.2, -0.15) is 0 Å². The van der Waals surface area contributed by atoms with Crippen LogP contribution in [0.3, 0.4) is 0 Å². The Morgan fingerprint density at radius 1 is 1.60 bits per heavy atom. The van der Waals surface area contributed by atoms with Crippen molar-refractivity contribution < 1.29 is 15.0 Å². The van der Waals surface area contributed by atoms with Gasteiger partial charge in [-0.05, 0) is 38.6 Å². The second kappa shape index (κ2) is 5.47. The molecule has 4 heteroatoms. The SMILES string of the molecule is CC[C@H](C(=O)O)N1CCC[C@@H]([C@H](C)O)C1. The van der Waals surface area contributed by atoms with E-state index in [1.165, 1.54) is 0 Å². The Balaban J connectivity index is 2.58. The second-order valence-corrected chi connectivity index (χ2v) is 4.40. The highest BCUT2D eigenvalue weighted by Gasteiger charge is 2.30. The van der Waals surface area contributed by atoms with E-state index in [0.717, 1.165) is 19.4 Å². The Kier molecular flexibility index (Phi) is 4.54. The highest BCUT2D eigenvalue weighted by molar-refractivity contribution is 5.73. The van der Waals surface area contributed by atoms with Crippen LogP contribution in [0.4, 0.5) is 0 Å². The molecule has 2 N–H and O–H groups in total. The van der Waals surface area contributed by atoms with Crippen molar-refractivity contribution in [2.75, 3.05) is 13.1 Å². The van der Waals surface area contributed by atoms with Crippen LogP contribution < -0.4 is 0 Å². The lowest BCUT2D eigenvalue weighted by molar-refractivity contribution is -0.144. The minimum Gasteiger partial charge on any atom is -0.480 e. The van der Waals surface area contributed by atoms with Crippen LogP contribution in [-0.4, -0.2) is 46.3 Å². The van der Waals surface area contributed by atoms with Crippen molar-refractivity contribution in [3.8, 4) is 0 Å². The number of aliphatic hydroxyl groups is 1. The summed E-state index contributed by atoms with van der Waals surface area (Å²) in [5.41, 5.74) is 0. The zero-order chi connectivity index (χ0) is 11.4. The van der Waals surface area contributed by atoms with Crippen molar-refractivity contribution >= 4 is 5.97 Å². The molecular weight excluding hydrogens is 194 g/mol. The van der Waals surface area contributed by atoms with Crippen LogP contribution >= 0.6 is 0 Å². The van der Waals surface area contributed by atoms with Gasteiger partial charge < -0.3 is 10.2 Å². The molecule has 0 bridgehead atoms. The normalized spacial score (nSPS) is 27.3. The molecule has 3 atom stereocenters. The number of hydrogen-bond donors (Lipinski definition) is 2. The highest BCUT2D eigenvalue weighted by atomic mass is 16.4. The minimum absolute atomic E-state index is 0.229. The van der Waals surface area contributed by atoms with Crippen LogP contribution in [-0.2, 0) is 4.79 Å². The summed E-state index contributed by atoms with van der Waals surface area (Å²) >= 11 is 0. The zero-order valence-corrected chi connectivity index (χ0v) is 9.52. The van der Waals surface area contributed by atoms with Gasteiger partial charge in [0, 0.05) is 6.54 Å². The predicted octanol–water partition coefficient (Wildman–Crippen LogP) is 0.942. The van der Waals surface area contributed by atoms with Gasteiger partial charge in [-0.3, -0.25) is 9.69 Å². The number of rotatable bonds is 4. The highest BCUT2D eigenvalue weighted by Crippen LogP contribution is 2.22. The molecule has 1 aliphatic rings. The summed E-state index contributed by atoms with van der Waals surface area (Å²) in [5, 5.41) is 18.6. The van der Waals surface area contributed by atoms with E-state index < -0.39 is 5.97 Å². The number of aliphatic hydroxyl groups excluding tert-OH is 1. The maximum absolute atomic E-state index is 11.0. The summed E-state index contributed by atoms with van der Waals surface area (Å²) in [6.45, 7) is 5.23. The molecule has 1 fully saturated rings. The van der Waals surface area contributed by atoms with Crippen LogP contribution in [0.5, 0.6) is 0 Å². The van der Waals surface area contributed by atoms with Gasteiger partial charge in [0.1, 0.15) is 6.04 Å². The van der Waals surface area contributed by atoms with Gasteiger partial charge in [0.25, 0.3) is 0 Å². The molecule has 0 unspecified atom stereocenters. The first kappa shape index (κ1) is 12.5. The molecule has 1 rings (SSSR count). The summed E-state index contributed by atoms with van der Waals surface area (Å²) in [7, 11) is 0. The molecule has 0 aromatic heterocycles. The van der Waals surface area contributed by atoms with E-state index in [4.69, 9.17) is 5.11 Å². The molecule has 15 heavy (non-hydrogen) atoms. The fraction of sp³-hybridized carbons (Fsp3) is 0.909. The molecule has 1 heterocycles. The lowest BCUT2D eigenvalue weighted by atomic mass is 9.92. The predicted molar refractivity (Wildman–Crippen MR) is 57.7 cm³/mol. The van der Waals surface area contributed by atoms with E-state index in [2.05, 4.69) is 0 Å². The van der Waals surface area contributed by atoms with Gasteiger partial charge in [0.05, 0.1) is 6.10 Å². The van der Waals surface area contributed by atoms with E-state index in [9.17, 15) is 9.90 Å². The van der Waals surface area contributed by atoms with Crippen LogP contribution in [0.2, 0.25) is 0 Å². The molecule has 0 aliphatic carbocycles. The molecule has 4 nitrogen and oxygen atoms in total. The molecule has 0 saturated carbocycles. The Morgan fingerprint density at radius 3 is 2.73 bits per heavy atom. The lowest BCUT2D eigenvalue weighted by Crippen LogP contribution is -2.48. The molecular formula is C11H21NO3. The average molecular weight is 215 g/mol. The number of hydrogen-bond acceptors (Lipinski definition) is 3.